The van der Waals surface area contributed by atoms with Crippen LogP contribution in [0, 0.1) is 13.8 Å². The van der Waals surface area contributed by atoms with Gasteiger partial charge in [0, 0.05) is 17.6 Å². The molecule has 0 aliphatic rings. The van der Waals surface area contributed by atoms with Crippen molar-refractivity contribution >= 4 is 27.3 Å². The van der Waals surface area contributed by atoms with Crippen LogP contribution < -0.4 is 4.72 Å². The zero-order valence-electron chi connectivity index (χ0n) is 11.5. The van der Waals surface area contributed by atoms with Gasteiger partial charge in [-0.15, -0.1) is 11.3 Å². The van der Waals surface area contributed by atoms with Crippen molar-refractivity contribution in [3.8, 4) is 0 Å². The van der Waals surface area contributed by atoms with Crippen LogP contribution in [0.4, 0.5) is 0 Å². The summed E-state index contributed by atoms with van der Waals surface area (Å²) in [4.78, 5) is 15.8. The molecule has 0 saturated carbocycles. The van der Waals surface area contributed by atoms with Gasteiger partial charge in [0.1, 0.15) is 0 Å². The lowest BCUT2D eigenvalue weighted by atomic mass is 10.1. The Labute approximate surface area is 126 Å². The van der Waals surface area contributed by atoms with Crippen LogP contribution in [-0.4, -0.2) is 24.5 Å². The predicted molar refractivity (Wildman–Crippen MR) is 79.0 cm³/mol. The van der Waals surface area contributed by atoms with Crippen LogP contribution in [0.1, 0.15) is 26.4 Å². The Hall–Kier alpha value is -1.77. The lowest BCUT2D eigenvalue weighted by Gasteiger charge is -2.11. The first-order valence-corrected chi connectivity index (χ1v) is 8.39. The summed E-state index contributed by atoms with van der Waals surface area (Å²) in [6.45, 7) is 3.40. The van der Waals surface area contributed by atoms with Gasteiger partial charge in [0.25, 0.3) is 0 Å². The van der Waals surface area contributed by atoms with Crippen molar-refractivity contribution in [1.82, 2.24) is 9.71 Å². The second-order valence-corrected chi connectivity index (χ2v) is 7.24. The minimum absolute atomic E-state index is 0.0150. The Morgan fingerprint density at radius 3 is 2.62 bits per heavy atom. The summed E-state index contributed by atoms with van der Waals surface area (Å²) in [7, 11) is -3.77. The van der Waals surface area contributed by atoms with Gasteiger partial charge < -0.3 is 5.11 Å². The second-order valence-electron chi connectivity index (χ2n) is 4.53. The number of hydrogen-bond donors (Lipinski definition) is 2. The molecule has 8 heteroatoms. The van der Waals surface area contributed by atoms with E-state index >= 15 is 0 Å². The van der Waals surface area contributed by atoms with E-state index in [9.17, 15) is 13.2 Å². The van der Waals surface area contributed by atoms with Gasteiger partial charge >= 0.3 is 5.97 Å². The van der Waals surface area contributed by atoms with E-state index < -0.39 is 16.0 Å². The molecule has 21 heavy (non-hydrogen) atoms. The summed E-state index contributed by atoms with van der Waals surface area (Å²) in [6.07, 6.45) is 1.58. The fourth-order valence-corrected chi connectivity index (χ4v) is 3.81. The Bertz CT molecular complexity index is 768. The monoisotopic (exact) mass is 326 g/mol. The van der Waals surface area contributed by atoms with E-state index in [0.29, 0.717) is 11.1 Å². The van der Waals surface area contributed by atoms with Crippen molar-refractivity contribution < 1.29 is 18.3 Å². The number of benzene rings is 1. The molecule has 2 aromatic rings. The molecule has 0 aliphatic carbocycles. The van der Waals surface area contributed by atoms with Crippen LogP contribution in [-0.2, 0) is 16.6 Å². The fourth-order valence-electron chi connectivity index (χ4n) is 1.93. The van der Waals surface area contributed by atoms with E-state index in [1.54, 1.807) is 31.6 Å². The van der Waals surface area contributed by atoms with E-state index in [2.05, 4.69) is 9.71 Å². The Balaban J connectivity index is 2.35. The van der Waals surface area contributed by atoms with Crippen LogP contribution in [0.25, 0.3) is 0 Å². The smallest absolute Gasteiger partial charge is 0.335 e. The van der Waals surface area contributed by atoms with Crippen LogP contribution in [0.3, 0.4) is 0 Å². The van der Waals surface area contributed by atoms with E-state index in [1.807, 2.05) is 0 Å². The average molecular weight is 326 g/mol. The van der Waals surface area contributed by atoms with Crippen molar-refractivity contribution in [2.24, 2.45) is 0 Å². The van der Waals surface area contributed by atoms with Gasteiger partial charge in [-0.2, -0.15) is 0 Å². The number of aromatic carboxylic acids is 1. The number of rotatable bonds is 5. The van der Waals surface area contributed by atoms with E-state index in [-0.39, 0.29) is 17.0 Å². The van der Waals surface area contributed by atoms with Crippen molar-refractivity contribution in [2.75, 3.05) is 0 Å². The fraction of sp³-hybridized carbons (Fsp3) is 0.231. The number of carboxylic acids is 1. The molecule has 1 heterocycles. The van der Waals surface area contributed by atoms with Crippen LogP contribution in [0.2, 0.25) is 0 Å². The summed E-state index contributed by atoms with van der Waals surface area (Å²) in [6, 6.07) is 2.76. The van der Waals surface area contributed by atoms with E-state index in [4.69, 9.17) is 5.11 Å². The van der Waals surface area contributed by atoms with Gasteiger partial charge in [0.2, 0.25) is 10.0 Å². The molecule has 1 aromatic carbocycles. The standard InChI is InChI=1S/C13H14N2O4S2/c1-8-3-9(2)12(4-11(8)13(16)17)21(18,19)15-6-10-5-14-7-20-10/h3-5,7,15H,6H2,1-2H3,(H,16,17). The van der Waals surface area contributed by atoms with Gasteiger partial charge in [-0.25, -0.2) is 17.9 Å². The molecule has 0 unspecified atom stereocenters. The average Bonchev–Trinajstić information content (AvgIpc) is 2.88. The molecule has 0 bridgehead atoms. The van der Waals surface area contributed by atoms with E-state index in [0.717, 1.165) is 4.88 Å². The largest absolute Gasteiger partial charge is 0.478 e. The Morgan fingerprint density at radius 2 is 2.05 bits per heavy atom. The van der Waals surface area contributed by atoms with Crippen LogP contribution in [0.5, 0.6) is 0 Å². The maximum atomic E-state index is 12.3. The zero-order valence-corrected chi connectivity index (χ0v) is 13.1. The normalized spacial score (nSPS) is 11.5. The zero-order chi connectivity index (χ0) is 15.6. The molecule has 6 nitrogen and oxygen atoms in total. The van der Waals surface area contributed by atoms with Crippen molar-refractivity contribution in [1.29, 1.82) is 0 Å². The minimum atomic E-state index is -3.77. The molecule has 0 fully saturated rings. The number of thiazole rings is 1. The summed E-state index contributed by atoms with van der Waals surface area (Å²) in [5, 5.41) is 9.11. The summed E-state index contributed by atoms with van der Waals surface area (Å²) < 4.78 is 27.1. The molecule has 0 spiro atoms. The highest BCUT2D eigenvalue weighted by Gasteiger charge is 2.20. The van der Waals surface area contributed by atoms with Crippen molar-refractivity contribution in [3.05, 3.63) is 45.4 Å². The molecule has 112 valence electrons. The number of nitrogens with zero attached hydrogens (tertiary/aromatic N) is 1. The highest BCUT2D eigenvalue weighted by Crippen LogP contribution is 2.21. The quantitative estimate of drug-likeness (QED) is 0.875. The number of carbonyl (C=O) groups is 1. The summed E-state index contributed by atoms with van der Waals surface area (Å²) in [5.41, 5.74) is 2.64. The molecule has 1 aromatic heterocycles. The molecule has 0 amide bonds. The second kappa shape index (κ2) is 5.92. The van der Waals surface area contributed by atoms with Crippen LogP contribution in [0.15, 0.2) is 28.7 Å². The number of sulfonamides is 1. The molecular weight excluding hydrogens is 312 g/mol. The van der Waals surface area contributed by atoms with Gasteiger partial charge in [0.15, 0.2) is 0 Å². The molecule has 0 radical (unpaired) electrons. The molecule has 0 aliphatic heterocycles. The third kappa shape index (κ3) is 3.46. The Kier molecular flexibility index (Phi) is 4.40. The van der Waals surface area contributed by atoms with Crippen LogP contribution >= 0.6 is 11.3 Å². The minimum Gasteiger partial charge on any atom is -0.478 e. The number of hydrogen-bond acceptors (Lipinski definition) is 5. The third-order valence-corrected chi connectivity index (χ3v) is 5.28. The van der Waals surface area contributed by atoms with Crippen molar-refractivity contribution in [2.45, 2.75) is 25.3 Å². The lowest BCUT2D eigenvalue weighted by molar-refractivity contribution is 0.0696. The third-order valence-electron chi connectivity index (χ3n) is 2.96. The molecular formula is C13H14N2O4S2. The highest BCUT2D eigenvalue weighted by atomic mass is 32.2. The number of aryl methyl sites for hydroxylation is 2. The summed E-state index contributed by atoms with van der Waals surface area (Å²) in [5.74, 6) is -1.15. The van der Waals surface area contributed by atoms with E-state index in [1.165, 1.54) is 17.4 Å². The molecule has 0 atom stereocenters. The first kappa shape index (κ1) is 15.6. The van der Waals surface area contributed by atoms with Gasteiger partial charge in [-0.1, -0.05) is 6.07 Å². The number of nitrogens with one attached hydrogen (secondary N) is 1. The van der Waals surface area contributed by atoms with Gasteiger partial charge in [-0.3, -0.25) is 4.98 Å². The molecule has 2 N–H and O–H groups in total. The number of carboxylic acid groups (broad SMARTS) is 1. The topological polar surface area (TPSA) is 96.4 Å². The van der Waals surface area contributed by atoms with Gasteiger partial charge in [-0.05, 0) is 31.0 Å². The number of aromatic nitrogens is 1. The highest BCUT2D eigenvalue weighted by molar-refractivity contribution is 7.89. The SMILES string of the molecule is Cc1cc(C)c(S(=O)(=O)NCc2cncs2)cc1C(=O)O. The van der Waals surface area contributed by atoms with Crippen molar-refractivity contribution in [3.63, 3.8) is 0 Å². The van der Waals surface area contributed by atoms with Gasteiger partial charge in [0.05, 0.1) is 16.0 Å². The molecule has 0 saturated heterocycles. The maximum absolute atomic E-state index is 12.3. The lowest BCUT2D eigenvalue weighted by Crippen LogP contribution is -2.24. The maximum Gasteiger partial charge on any atom is 0.335 e. The predicted octanol–water partition coefficient (Wildman–Crippen LogP) is 1.94. The first-order chi connectivity index (χ1) is 9.81. The Morgan fingerprint density at radius 1 is 1.33 bits per heavy atom. The summed E-state index contributed by atoms with van der Waals surface area (Å²) >= 11 is 1.34. The first-order valence-electron chi connectivity index (χ1n) is 6.03. The molecule has 2 rings (SSSR count).